The first-order valence-corrected chi connectivity index (χ1v) is 7.28. The molecule has 0 saturated carbocycles. The van der Waals surface area contributed by atoms with Crippen molar-refractivity contribution in [2.75, 3.05) is 0 Å². The Bertz CT molecular complexity index is 792. The van der Waals surface area contributed by atoms with Crippen molar-refractivity contribution in [3.05, 3.63) is 63.4 Å². The molecule has 0 amide bonds. The van der Waals surface area contributed by atoms with Crippen molar-refractivity contribution < 1.29 is 4.39 Å². The van der Waals surface area contributed by atoms with Crippen LogP contribution < -0.4 is 0 Å². The summed E-state index contributed by atoms with van der Waals surface area (Å²) < 4.78 is 13.8. The molecule has 22 heavy (non-hydrogen) atoms. The SMILES string of the molecule is Cc1cccc(Cl)c1-c1nnn(Cc2c(F)cccc2Cl)n1. The average Bonchev–Trinajstić information content (AvgIpc) is 2.91. The van der Waals surface area contributed by atoms with E-state index in [1.54, 1.807) is 18.2 Å². The van der Waals surface area contributed by atoms with Gasteiger partial charge in [-0.25, -0.2) is 4.39 Å². The van der Waals surface area contributed by atoms with Gasteiger partial charge < -0.3 is 0 Å². The molecule has 7 heteroatoms. The Morgan fingerprint density at radius 1 is 1.09 bits per heavy atom. The van der Waals surface area contributed by atoms with Crippen LogP contribution in [0.3, 0.4) is 0 Å². The van der Waals surface area contributed by atoms with Crippen molar-refractivity contribution in [2.45, 2.75) is 13.5 Å². The summed E-state index contributed by atoms with van der Waals surface area (Å²) in [4.78, 5) is 1.29. The molecule has 3 rings (SSSR count). The highest BCUT2D eigenvalue weighted by atomic mass is 35.5. The van der Waals surface area contributed by atoms with Crippen LogP contribution in [0, 0.1) is 12.7 Å². The zero-order valence-electron chi connectivity index (χ0n) is 11.6. The molecule has 1 heterocycles. The highest BCUT2D eigenvalue weighted by Crippen LogP contribution is 2.28. The largest absolute Gasteiger partial charge is 0.207 e. The maximum Gasteiger partial charge on any atom is 0.206 e. The Hall–Kier alpha value is -1.98. The van der Waals surface area contributed by atoms with Crippen LogP contribution in [0.1, 0.15) is 11.1 Å². The van der Waals surface area contributed by atoms with E-state index in [2.05, 4.69) is 15.4 Å². The molecule has 2 aromatic carbocycles. The number of halogens is 3. The molecule has 0 atom stereocenters. The number of aromatic nitrogens is 4. The standard InChI is InChI=1S/C15H11Cl2FN4/c1-9-4-2-6-12(17)14(9)15-19-21-22(20-15)8-10-11(16)5-3-7-13(10)18/h2-7H,8H2,1H3. The Morgan fingerprint density at radius 3 is 2.55 bits per heavy atom. The zero-order valence-corrected chi connectivity index (χ0v) is 13.1. The van der Waals surface area contributed by atoms with Crippen LogP contribution in [-0.4, -0.2) is 20.2 Å². The van der Waals surface area contributed by atoms with E-state index in [1.807, 2.05) is 19.1 Å². The maximum atomic E-state index is 13.8. The first-order chi connectivity index (χ1) is 10.6. The van der Waals surface area contributed by atoms with Crippen LogP contribution >= 0.6 is 23.2 Å². The lowest BCUT2D eigenvalue weighted by atomic mass is 10.1. The van der Waals surface area contributed by atoms with E-state index in [9.17, 15) is 4.39 Å². The van der Waals surface area contributed by atoms with Crippen molar-refractivity contribution in [3.63, 3.8) is 0 Å². The molecule has 4 nitrogen and oxygen atoms in total. The van der Waals surface area contributed by atoms with Crippen molar-refractivity contribution in [3.8, 4) is 11.4 Å². The lowest BCUT2D eigenvalue weighted by molar-refractivity contribution is 0.539. The predicted octanol–water partition coefficient (Wildman–Crippen LogP) is 4.14. The quantitative estimate of drug-likeness (QED) is 0.721. The fourth-order valence-corrected chi connectivity index (χ4v) is 2.68. The number of hydrogen-bond acceptors (Lipinski definition) is 3. The topological polar surface area (TPSA) is 43.6 Å². The molecule has 3 aromatic rings. The van der Waals surface area contributed by atoms with Gasteiger partial charge >= 0.3 is 0 Å². The highest BCUT2D eigenvalue weighted by molar-refractivity contribution is 6.33. The van der Waals surface area contributed by atoms with Gasteiger partial charge in [-0.05, 0) is 35.9 Å². The Morgan fingerprint density at radius 2 is 1.82 bits per heavy atom. The number of aryl methyl sites for hydroxylation is 1. The summed E-state index contributed by atoms with van der Waals surface area (Å²) in [5, 5.41) is 13.1. The second kappa shape index (κ2) is 6.02. The minimum absolute atomic E-state index is 0.0992. The molecule has 0 fully saturated rings. The number of nitrogens with zero attached hydrogens (tertiary/aromatic N) is 4. The summed E-state index contributed by atoms with van der Waals surface area (Å²) in [6.45, 7) is 2.01. The summed E-state index contributed by atoms with van der Waals surface area (Å²) in [6, 6.07) is 10.0. The third-order valence-electron chi connectivity index (χ3n) is 3.26. The van der Waals surface area contributed by atoms with E-state index in [4.69, 9.17) is 23.2 Å². The van der Waals surface area contributed by atoms with Gasteiger partial charge in [0.25, 0.3) is 0 Å². The molecule has 0 aliphatic rings. The van der Waals surface area contributed by atoms with Gasteiger partial charge in [0.05, 0.1) is 11.6 Å². The second-order valence-corrected chi connectivity index (χ2v) is 5.59. The summed E-state index contributed by atoms with van der Waals surface area (Å²) >= 11 is 12.2. The van der Waals surface area contributed by atoms with E-state index >= 15 is 0 Å². The van der Waals surface area contributed by atoms with Crippen LogP contribution in [0.25, 0.3) is 11.4 Å². The first kappa shape index (κ1) is 14.9. The summed E-state index contributed by atoms with van der Waals surface area (Å²) in [7, 11) is 0. The van der Waals surface area contributed by atoms with Gasteiger partial charge in [-0.15, -0.1) is 10.2 Å². The molecule has 0 spiro atoms. The van der Waals surface area contributed by atoms with Crippen LogP contribution in [0.5, 0.6) is 0 Å². The van der Waals surface area contributed by atoms with Crippen LogP contribution in [0.4, 0.5) is 4.39 Å². The molecular formula is C15H11Cl2FN4. The lowest BCUT2D eigenvalue weighted by Gasteiger charge is -2.04. The molecule has 0 unspecified atom stereocenters. The Kier molecular flexibility index (Phi) is 4.09. The smallest absolute Gasteiger partial charge is 0.206 e. The first-order valence-electron chi connectivity index (χ1n) is 6.52. The number of benzene rings is 2. The van der Waals surface area contributed by atoms with Crippen molar-refractivity contribution in [1.82, 2.24) is 20.2 Å². The van der Waals surface area contributed by atoms with E-state index in [0.717, 1.165) is 11.1 Å². The Balaban J connectivity index is 1.95. The molecular weight excluding hydrogens is 326 g/mol. The minimum Gasteiger partial charge on any atom is -0.207 e. The lowest BCUT2D eigenvalue weighted by Crippen LogP contribution is -2.06. The maximum absolute atomic E-state index is 13.8. The molecule has 0 aliphatic heterocycles. The van der Waals surface area contributed by atoms with Crippen LogP contribution in [0.15, 0.2) is 36.4 Å². The van der Waals surface area contributed by atoms with Crippen LogP contribution in [-0.2, 0) is 6.54 Å². The highest BCUT2D eigenvalue weighted by Gasteiger charge is 2.14. The number of tetrazole rings is 1. The van der Waals surface area contributed by atoms with Gasteiger partial charge in [0.1, 0.15) is 5.82 Å². The van der Waals surface area contributed by atoms with E-state index in [0.29, 0.717) is 21.4 Å². The van der Waals surface area contributed by atoms with E-state index in [-0.39, 0.29) is 6.54 Å². The molecule has 0 N–H and O–H groups in total. The van der Waals surface area contributed by atoms with Gasteiger partial charge in [-0.3, -0.25) is 0 Å². The monoisotopic (exact) mass is 336 g/mol. The van der Waals surface area contributed by atoms with Crippen molar-refractivity contribution in [1.29, 1.82) is 0 Å². The van der Waals surface area contributed by atoms with Crippen LogP contribution in [0.2, 0.25) is 10.0 Å². The van der Waals surface area contributed by atoms with Gasteiger partial charge in [0, 0.05) is 16.1 Å². The fraction of sp³-hybridized carbons (Fsp3) is 0.133. The predicted molar refractivity (Wildman–Crippen MR) is 83.5 cm³/mol. The van der Waals surface area contributed by atoms with E-state index in [1.165, 1.54) is 10.9 Å². The molecule has 0 saturated heterocycles. The summed E-state index contributed by atoms with van der Waals surface area (Å²) in [5.41, 5.74) is 1.98. The molecule has 112 valence electrons. The third kappa shape index (κ3) is 2.82. The second-order valence-electron chi connectivity index (χ2n) is 4.78. The fourth-order valence-electron chi connectivity index (χ4n) is 2.15. The van der Waals surface area contributed by atoms with Crippen molar-refractivity contribution in [2.24, 2.45) is 0 Å². The third-order valence-corrected chi connectivity index (χ3v) is 3.93. The van der Waals surface area contributed by atoms with Gasteiger partial charge in [-0.2, -0.15) is 4.80 Å². The van der Waals surface area contributed by atoms with E-state index < -0.39 is 5.82 Å². The molecule has 0 aliphatic carbocycles. The van der Waals surface area contributed by atoms with Gasteiger partial charge in [-0.1, -0.05) is 41.4 Å². The summed E-state index contributed by atoms with van der Waals surface area (Å²) in [6.07, 6.45) is 0. The molecule has 0 bridgehead atoms. The summed E-state index contributed by atoms with van der Waals surface area (Å²) in [5.74, 6) is -0.00386. The molecule has 1 aromatic heterocycles. The zero-order chi connectivity index (χ0) is 15.7. The van der Waals surface area contributed by atoms with Gasteiger partial charge in [0.2, 0.25) is 5.82 Å². The number of rotatable bonds is 3. The number of hydrogen-bond donors (Lipinski definition) is 0. The van der Waals surface area contributed by atoms with Gasteiger partial charge in [0.15, 0.2) is 0 Å². The van der Waals surface area contributed by atoms with Crippen molar-refractivity contribution >= 4 is 23.2 Å². The normalized spacial score (nSPS) is 10.9. The molecule has 0 radical (unpaired) electrons. The minimum atomic E-state index is -0.403. The Labute approximate surface area is 136 Å². The average molecular weight is 337 g/mol.